The lowest BCUT2D eigenvalue weighted by atomic mass is 10.1. The summed E-state index contributed by atoms with van der Waals surface area (Å²) in [6, 6.07) is 2.89. The molecule has 0 spiro atoms. The van der Waals surface area contributed by atoms with Crippen LogP contribution in [-0.2, 0) is 9.84 Å². The molecule has 0 aliphatic heterocycles. The predicted octanol–water partition coefficient (Wildman–Crippen LogP) is 2.42. The number of aliphatic imine (C=N–C) groups is 1. The van der Waals surface area contributed by atoms with E-state index >= 15 is 0 Å². The van der Waals surface area contributed by atoms with Crippen molar-refractivity contribution in [3.05, 3.63) is 27.7 Å². The standard InChI is InChI=1S/C10H10BrNO3S.ClH/c1-6-4-8(11)7(10(13)12-2)5-9(6)16(3,14)15;/h4-5H,2H2,1,3H3;1H. The maximum absolute atomic E-state index is 11.5. The van der Waals surface area contributed by atoms with Crippen LogP contribution in [-0.4, -0.2) is 27.3 Å². The van der Waals surface area contributed by atoms with Crippen molar-refractivity contribution in [2.45, 2.75) is 11.8 Å². The third-order valence-electron chi connectivity index (χ3n) is 2.04. The fourth-order valence-corrected chi connectivity index (χ4v) is 2.90. The Bertz CT molecular complexity index is 569. The molecule has 1 aromatic carbocycles. The van der Waals surface area contributed by atoms with Crippen molar-refractivity contribution in [3.63, 3.8) is 0 Å². The first-order valence-electron chi connectivity index (χ1n) is 4.28. The molecule has 0 bridgehead atoms. The molecule has 7 heteroatoms. The largest absolute Gasteiger partial charge is 0.277 e. The number of rotatable bonds is 2. The molecule has 0 saturated carbocycles. The maximum Gasteiger partial charge on any atom is 0.277 e. The third kappa shape index (κ3) is 3.62. The van der Waals surface area contributed by atoms with Crippen LogP contribution in [0.25, 0.3) is 0 Å². The van der Waals surface area contributed by atoms with Crippen LogP contribution in [0.4, 0.5) is 0 Å². The molecular weight excluding hydrogens is 330 g/mol. The van der Waals surface area contributed by atoms with Crippen molar-refractivity contribution in [2.24, 2.45) is 4.99 Å². The highest BCUT2D eigenvalue weighted by Gasteiger charge is 2.17. The number of sulfone groups is 1. The summed E-state index contributed by atoms with van der Waals surface area (Å²) in [4.78, 5) is 14.8. The van der Waals surface area contributed by atoms with Crippen molar-refractivity contribution in [2.75, 3.05) is 6.26 Å². The lowest BCUT2D eigenvalue weighted by Crippen LogP contribution is -2.04. The maximum atomic E-state index is 11.5. The zero-order valence-electron chi connectivity index (χ0n) is 9.23. The van der Waals surface area contributed by atoms with E-state index < -0.39 is 15.7 Å². The Morgan fingerprint density at radius 2 is 1.94 bits per heavy atom. The molecule has 0 atom stereocenters. The third-order valence-corrected chi connectivity index (χ3v) is 3.93. The van der Waals surface area contributed by atoms with Crippen LogP contribution in [0.3, 0.4) is 0 Å². The van der Waals surface area contributed by atoms with Crippen molar-refractivity contribution >= 4 is 50.8 Å². The smallest absolute Gasteiger partial charge is 0.267 e. The Balaban J connectivity index is 0.00000256. The molecular formula is C10H11BrClNO3S. The highest BCUT2D eigenvalue weighted by Crippen LogP contribution is 2.25. The van der Waals surface area contributed by atoms with Crippen LogP contribution in [0.2, 0.25) is 0 Å². The van der Waals surface area contributed by atoms with Crippen LogP contribution in [0, 0.1) is 6.92 Å². The van der Waals surface area contributed by atoms with E-state index in [4.69, 9.17) is 0 Å². The number of hydrogen-bond acceptors (Lipinski definition) is 3. The van der Waals surface area contributed by atoms with Gasteiger partial charge in [0, 0.05) is 10.7 Å². The molecule has 1 rings (SSSR count). The zero-order valence-corrected chi connectivity index (χ0v) is 12.4. The zero-order chi connectivity index (χ0) is 12.5. The molecule has 0 aliphatic carbocycles. The minimum Gasteiger partial charge on any atom is -0.267 e. The number of nitrogens with zero attached hydrogens (tertiary/aromatic N) is 1. The van der Waals surface area contributed by atoms with Gasteiger partial charge in [-0.2, -0.15) is 0 Å². The van der Waals surface area contributed by atoms with Gasteiger partial charge in [-0.25, -0.2) is 13.4 Å². The minimum absolute atomic E-state index is 0. The average molecular weight is 341 g/mol. The van der Waals surface area contributed by atoms with Gasteiger partial charge in [0.15, 0.2) is 9.84 Å². The number of benzene rings is 1. The first-order chi connectivity index (χ1) is 7.27. The second kappa shape index (κ2) is 5.75. The van der Waals surface area contributed by atoms with Gasteiger partial charge in [-0.3, -0.25) is 4.79 Å². The highest BCUT2D eigenvalue weighted by atomic mass is 79.9. The summed E-state index contributed by atoms with van der Waals surface area (Å²) < 4.78 is 23.4. The molecule has 4 nitrogen and oxygen atoms in total. The summed E-state index contributed by atoms with van der Waals surface area (Å²) in [5, 5.41) is 0. The summed E-state index contributed by atoms with van der Waals surface area (Å²) in [6.45, 7) is 4.79. The fraction of sp³-hybridized carbons (Fsp3) is 0.200. The van der Waals surface area contributed by atoms with E-state index in [1.54, 1.807) is 13.0 Å². The van der Waals surface area contributed by atoms with Gasteiger partial charge in [-0.1, -0.05) is 0 Å². The fourth-order valence-electron chi connectivity index (χ4n) is 1.30. The van der Waals surface area contributed by atoms with Gasteiger partial charge < -0.3 is 0 Å². The normalized spacial score (nSPS) is 10.5. The predicted molar refractivity (Wildman–Crippen MR) is 73.1 cm³/mol. The molecule has 0 fully saturated rings. The topological polar surface area (TPSA) is 63.6 Å². The Labute approximate surface area is 115 Å². The summed E-state index contributed by atoms with van der Waals surface area (Å²) in [7, 11) is -3.35. The molecule has 94 valence electrons. The molecule has 0 N–H and O–H groups in total. The number of hydrogen-bond donors (Lipinski definition) is 0. The van der Waals surface area contributed by atoms with Crippen molar-refractivity contribution in [1.82, 2.24) is 0 Å². The molecule has 0 radical (unpaired) electrons. The molecule has 0 aromatic heterocycles. The van der Waals surface area contributed by atoms with Crippen molar-refractivity contribution < 1.29 is 13.2 Å². The van der Waals surface area contributed by atoms with E-state index in [2.05, 4.69) is 27.6 Å². The number of carbonyl (C=O) groups is 1. The van der Waals surface area contributed by atoms with E-state index in [1.807, 2.05) is 0 Å². The Hall–Kier alpha value is -0.720. The summed E-state index contributed by atoms with van der Waals surface area (Å²) in [5.74, 6) is -0.559. The molecule has 0 heterocycles. The second-order valence-corrected chi connectivity index (χ2v) is 6.17. The van der Waals surface area contributed by atoms with E-state index in [9.17, 15) is 13.2 Å². The highest BCUT2D eigenvalue weighted by molar-refractivity contribution is 9.10. The first kappa shape index (κ1) is 16.3. The van der Waals surface area contributed by atoms with E-state index in [-0.39, 0.29) is 22.9 Å². The lowest BCUT2D eigenvalue weighted by Gasteiger charge is -2.07. The number of aryl methyl sites for hydroxylation is 1. The van der Waals surface area contributed by atoms with Gasteiger partial charge in [-0.05, 0) is 47.3 Å². The SMILES string of the molecule is C=NC(=O)c1cc(S(C)(=O)=O)c(C)cc1Br.Cl. The lowest BCUT2D eigenvalue weighted by molar-refractivity contribution is 0.100. The van der Waals surface area contributed by atoms with Gasteiger partial charge in [-0.15, -0.1) is 12.4 Å². The molecule has 17 heavy (non-hydrogen) atoms. The van der Waals surface area contributed by atoms with Crippen molar-refractivity contribution in [1.29, 1.82) is 0 Å². The minimum atomic E-state index is -3.35. The first-order valence-corrected chi connectivity index (χ1v) is 6.97. The average Bonchev–Trinajstić information content (AvgIpc) is 2.14. The molecule has 1 aromatic rings. The van der Waals surface area contributed by atoms with E-state index in [0.29, 0.717) is 10.0 Å². The van der Waals surface area contributed by atoms with Gasteiger partial charge in [0.25, 0.3) is 5.91 Å². The van der Waals surface area contributed by atoms with Gasteiger partial charge in [0.05, 0.1) is 10.5 Å². The number of carbonyl (C=O) groups excluding carboxylic acids is 1. The Morgan fingerprint density at radius 1 is 1.41 bits per heavy atom. The van der Waals surface area contributed by atoms with Crippen molar-refractivity contribution in [3.8, 4) is 0 Å². The molecule has 0 aliphatic rings. The number of amides is 1. The van der Waals surface area contributed by atoms with Crippen LogP contribution in [0.15, 0.2) is 26.5 Å². The summed E-state index contributed by atoms with van der Waals surface area (Å²) >= 11 is 3.19. The molecule has 0 unspecified atom stereocenters. The summed E-state index contributed by atoms with van der Waals surface area (Å²) in [5.41, 5.74) is 0.774. The Kier molecular flexibility index (Phi) is 5.51. The molecule has 0 saturated heterocycles. The number of halogens is 2. The summed E-state index contributed by atoms with van der Waals surface area (Å²) in [6.07, 6.45) is 1.10. The monoisotopic (exact) mass is 339 g/mol. The van der Waals surface area contributed by atoms with E-state index in [0.717, 1.165) is 6.26 Å². The van der Waals surface area contributed by atoms with Crippen LogP contribution in [0.1, 0.15) is 15.9 Å². The Morgan fingerprint density at radius 3 is 2.35 bits per heavy atom. The van der Waals surface area contributed by atoms with Gasteiger partial charge in [0.2, 0.25) is 0 Å². The second-order valence-electron chi connectivity index (χ2n) is 3.33. The van der Waals surface area contributed by atoms with Crippen LogP contribution < -0.4 is 0 Å². The molecule has 1 amide bonds. The van der Waals surface area contributed by atoms with Gasteiger partial charge in [0.1, 0.15) is 0 Å². The van der Waals surface area contributed by atoms with E-state index in [1.165, 1.54) is 6.07 Å². The van der Waals surface area contributed by atoms with Crippen LogP contribution >= 0.6 is 28.3 Å². The van der Waals surface area contributed by atoms with Gasteiger partial charge >= 0.3 is 0 Å². The quantitative estimate of drug-likeness (QED) is 0.777. The van der Waals surface area contributed by atoms with Crippen LogP contribution in [0.5, 0.6) is 0 Å².